The quantitative estimate of drug-likeness (QED) is 0.130. The highest BCUT2D eigenvalue weighted by Crippen LogP contribution is 2.66. The van der Waals surface area contributed by atoms with Crippen molar-refractivity contribution in [2.75, 3.05) is 31.7 Å². The molecule has 1 saturated carbocycles. The molecule has 0 spiro atoms. The first kappa shape index (κ1) is 37.2. The lowest BCUT2D eigenvalue weighted by Crippen LogP contribution is -2.53. The number of carbonyl (C=O) groups excluding carboxylic acids is 4. The Morgan fingerprint density at radius 3 is 2.20 bits per heavy atom. The first-order valence-corrected chi connectivity index (χ1v) is 18.7. The van der Waals surface area contributed by atoms with Crippen LogP contribution in [0.3, 0.4) is 0 Å². The summed E-state index contributed by atoms with van der Waals surface area (Å²) in [6.07, 6.45) is 3.80. The Kier molecular flexibility index (Phi) is 9.33. The molecule has 13 heteroatoms. The van der Waals surface area contributed by atoms with E-state index in [0.717, 1.165) is 10.6 Å². The van der Waals surface area contributed by atoms with Crippen molar-refractivity contribution < 1.29 is 38.5 Å². The summed E-state index contributed by atoms with van der Waals surface area (Å²) in [7, 11) is 4.41. The Morgan fingerprint density at radius 1 is 0.839 bits per heavy atom. The number of anilines is 2. The molecular formula is C43H37Cl2N3O8. The molecule has 2 aliphatic heterocycles. The minimum absolute atomic E-state index is 0.0358. The van der Waals surface area contributed by atoms with Crippen molar-refractivity contribution in [3.8, 4) is 23.0 Å². The van der Waals surface area contributed by atoms with Crippen LogP contribution in [0, 0.1) is 23.7 Å². The van der Waals surface area contributed by atoms with E-state index in [-0.39, 0.29) is 46.5 Å². The number of phenolic OH excluding ortho intramolecular Hbond substituents is 1. The number of aromatic hydroxyl groups is 1. The fourth-order valence-corrected chi connectivity index (χ4v) is 9.79. The van der Waals surface area contributed by atoms with E-state index >= 15 is 9.59 Å². The fraction of sp³-hybridized carbons (Fsp3) is 0.256. The normalized spacial score (nSPS) is 25.3. The number of nitrogens with zero attached hydrogens (tertiary/aromatic N) is 2. The van der Waals surface area contributed by atoms with Gasteiger partial charge in [0.2, 0.25) is 11.8 Å². The maximum atomic E-state index is 15.6. The fourth-order valence-electron chi connectivity index (χ4n) is 9.34. The van der Waals surface area contributed by atoms with Crippen LogP contribution >= 0.6 is 23.2 Å². The third-order valence-corrected chi connectivity index (χ3v) is 12.4. The molecule has 6 atom stereocenters. The van der Waals surface area contributed by atoms with Gasteiger partial charge in [-0.3, -0.25) is 29.5 Å². The number of amides is 4. The van der Waals surface area contributed by atoms with Crippen LogP contribution in [0.4, 0.5) is 11.4 Å². The van der Waals surface area contributed by atoms with Crippen LogP contribution in [-0.4, -0.2) is 55.1 Å². The maximum absolute atomic E-state index is 15.6. The van der Waals surface area contributed by atoms with E-state index in [2.05, 4.69) is 12.0 Å². The second-order valence-electron chi connectivity index (χ2n) is 14.3. The summed E-state index contributed by atoms with van der Waals surface area (Å²) in [5.74, 6) is -5.62. The van der Waals surface area contributed by atoms with Crippen molar-refractivity contribution >= 4 is 64.3 Å². The first-order chi connectivity index (χ1) is 27.0. The van der Waals surface area contributed by atoms with Crippen LogP contribution in [0.15, 0.2) is 97.1 Å². The molecule has 4 aromatic carbocycles. The second kappa shape index (κ2) is 14.1. The molecule has 0 radical (unpaired) electrons. The summed E-state index contributed by atoms with van der Waals surface area (Å²) in [4.78, 5) is 60.7. The Morgan fingerprint density at radius 2 is 1.55 bits per heavy atom. The lowest BCUT2D eigenvalue weighted by Gasteiger charge is -2.50. The van der Waals surface area contributed by atoms with Gasteiger partial charge in [-0.1, -0.05) is 71.8 Å². The van der Waals surface area contributed by atoms with Crippen molar-refractivity contribution in [1.29, 1.82) is 0 Å². The van der Waals surface area contributed by atoms with Gasteiger partial charge in [0.1, 0.15) is 23.0 Å². The highest BCUT2D eigenvalue weighted by molar-refractivity contribution is 6.36. The number of rotatable bonds is 9. The van der Waals surface area contributed by atoms with Crippen molar-refractivity contribution in [1.82, 2.24) is 5.01 Å². The van der Waals surface area contributed by atoms with E-state index in [0.29, 0.717) is 33.3 Å². The molecule has 4 aromatic rings. The number of hydrazine groups is 1. The predicted molar refractivity (Wildman–Crippen MR) is 211 cm³/mol. The number of phenols is 1. The number of imide groups is 2. The lowest BCUT2D eigenvalue weighted by molar-refractivity contribution is -0.138. The molecule has 11 nitrogen and oxygen atoms in total. The second-order valence-corrected chi connectivity index (χ2v) is 15.1. The van der Waals surface area contributed by atoms with Gasteiger partial charge < -0.3 is 19.3 Å². The number of carbonyl (C=O) groups is 4. The average molecular weight is 795 g/mol. The minimum Gasteiger partial charge on any atom is -0.507 e. The van der Waals surface area contributed by atoms with Crippen molar-refractivity contribution in [3.63, 3.8) is 0 Å². The molecule has 0 bridgehead atoms. The molecule has 8 rings (SSSR count). The topological polar surface area (TPSA) is 135 Å². The molecule has 286 valence electrons. The zero-order valence-electron chi connectivity index (χ0n) is 30.6. The van der Waals surface area contributed by atoms with Crippen molar-refractivity contribution in [2.45, 2.75) is 24.2 Å². The molecule has 3 fully saturated rings. The summed E-state index contributed by atoms with van der Waals surface area (Å²) in [6.45, 7) is 3.80. The summed E-state index contributed by atoms with van der Waals surface area (Å²) in [5, 5.41) is 13.5. The monoisotopic (exact) mass is 793 g/mol. The molecule has 4 aliphatic rings. The summed E-state index contributed by atoms with van der Waals surface area (Å²) >= 11 is 12.8. The number of benzene rings is 4. The van der Waals surface area contributed by atoms with Gasteiger partial charge in [-0.05, 0) is 72.4 Å². The molecular weight excluding hydrogens is 757 g/mol. The number of nitrogens with one attached hydrogen (secondary N) is 1. The third-order valence-electron chi connectivity index (χ3n) is 11.8. The predicted octanol–water partition coefficient (Wildman–Crippen LogP) is 7.56. The van der Waals surface area contributed by atoms with Gasteiger partial charge in [0.25, 0.3) is 11.8 Å². The van der Waals surface area contributed by atoms with Gasteiger partial charge in [0, 0.05) is 28.6 Å². The standard InChI is InChI=1S/C43H37Cl2N3O8/c1-5-22-6-11-25(12-7-22)47-39(50)29-16-15-28-30(36(29)41(47)52)21-31-40(51)48(46-33-17-10-24(44)18-32(33)45)42(53)43(31,23-8-13-26(54-2)14-9-23)38(28)37-34(49)19-27(55-3)20-35(37)56-4/h5-15,17-20,29-31,36,38,46,49H,1,16,21H2,2-4H3. The number of ether oxygens (including phenoxy) is 3. The molecule has 2 saturated heterocycles. The largest absolute Gasteiger partial charge is 0.507 e. The van der Waals surface area contributed by atoms with Gasteiger partial charge in [-0.2, -0.15) is 5.01 Å². The van der Waals surface area contributed by atoms with E-state index in [4.69, 9.17) is 37.4 Å². The number of methoxy groups -OCH3 is 3. The van der Waals surface area contributed by atoms with E-state index in [1.54, 1.807) is 72.8 Å². The number of allylic oxidation sites excluding steroid dienone is 2. The van der Waals surface area contributed by atoms with E-state index in [9.17, 15) is 14.7 Å². The molecule has 2 N–H and O–H groups in total. The summed E-state index contributed by atoms with van der Waals surface area (Å²) in [6, 6.07) is 21.5. The van der Waals surface area contributed by atoms with Gasteiger partial charge in [-0.15, -0.1) is 0 Å². The van der Waals surface area contributed by atoms with Crippen LogP contribution in [0.5, 0.6) is 23.0 Å². The Labute approximate surface area is 333 Å². The van der Waals surface area contributed by atoms with Crippen LogP contribution in [0.1, 0.15) is 35.4 Å². The Hall–Kier alpha value is -5.78. The van der Waals surface area contributed by atoms with E-state index in [1.165, 1.54) is 38.4 Å². The number of halogens is 2. The Bertz CT molecular complexity index is 2350. The zero-order chi connectivity index (χ0) is 39.6. The minimum atomic E-state index is -1.71. The first-order valence-electron chi connectivity index (χ1n) is 18.0. The molecule has 0 aromatic heterocycles. The van der Waals surface area contributed by atoms with Gasteiger partial charge >= 0.3 is 0 Å². The number of hydrogen-bond acceptors (Lipinski definition) is 9. The van der Waals surface area contributed by atoms with Crippen molar-refractivity contribution in [3.05, 3.63) is 124 Å². The van der Waals surface area contributed by atoms with Crippen LogP contribution in [-0.2, 0) is 24.6 Å². The summed E-state index contributed by atoms with van der Waals surface area (Å²) < 4.78 is 16.9. The smallest absolute Gasteiger partial charge is 0.260 e. The van der Waals surface area contributed by atoms with Crippen LogP contribution in [0.2, 0.25) is 10.0 Å². The molecule has 2 heterocycles. The lowest BCUT2D eigenvalue weighted by atomic mass is 9.49. The molecule has 4 amide bonds. The molecule has 2 aliphatic carbocycles. The van der Waals surface area contributed by atoms with E-state index < -0.39 is 52.7 Å². The maximum Gasteiger partial charge on any atom is 0.260 e. The average Bonchev–Trinajstić information content (AvgIpc) is 3.59. The van der Waals surface area contributed by atoms with Crippen molar-refractivity contribution in [2.24, 2.45) is 23.7 Å². The highest BCUT2D eigenvalue weighted by Gasteiger charge is 2.71. The molecule has 6 unspecified atom stereocenters. The third kappa shape index (κ3) is 5.47. The zero-order valence-corrected chi connectivity index (χ0v) is 32.1. The number of fused-ring (bicyclic) bond motifs is 4. The van der Waals surface area contributed by atoms with Gasteiger partial charge in [0.15, 0.2) is 0 Å². The van der Waals surface area contributed by atoms with Crippen LogP contribution < -0.4 is 24.5 Å². The van der Waals surface area contributed by atoms with Gasteiger partial charge in [-0.25, -0.2) is 0 Å². The number of hydrogen-bond donors (Lipinski definition) is 2. The van der Waals surface area contributed by atoms with Gasteiger partial charge in [0.05, 0.1) is 60.9 Å². The Balaban J connectivity index is 1.36. The summed E-state index contributed by atoms with van der Waals surface area (Å²) in [5.41, 5.74) is 4.10. The SMILES string of the molecule is C=Cc1ccc(N2C(=O)C3CC=C4C(CC5C(=O)N(Nc6ccc(Cl)cc6Cl)C(=O)C5(c5ccc(OC)cc5)C4c4c(O)cc(OC)cc4OC)C3C2=O)cc1. The highest BCUT2D eigenvalue weighted by atomic mass is 35.5. The van der Waals surface area contributed by atoms with E-state index in [1.807, 2.05) is 6.08 Å². The van der Waals surface area contributed by atoms with Crippen LogP contribution in [0.25, 0.3) is 6.08 Å². The molecule has 56 heavy (non-hydrogen) atoms.